The van der Waals surface area contributed by atoms with Gasteiger partial charge in [-0.05, 0) is 99.2 Å². The van der Waals surface area contributed by atoms with Gasteiger partial charge < -0.3 is 34.1 Å². The van der Waals surface area contributed by atoms with Crippen molar-refractivity contribution in [2.75, 3.05) is 6.61 Å². The normalized spacial score (nSPS) is 48.6. The van der Waals surface area contributed by atoms with E-state index in [1.54, 1.807) is 0 Å². The average Bonchev–Trinajstić information content (AvgIpc) is 3.24. The standard InChI is InChI=1S/C30H44N2O12/c1-16-25(43-31(36)37)24(34)26(44-32(38)39)27(41-16)42-19-8-11-28(2)18(14-19)5-6-22-21(28)9-12-29(3)20(10-13-30(22,29)35)17-4-7-23(33)40-15-17/h14,16-17,19-22,24-27,34-35H,4-13,15H2,1-3H3/t16-,17-,19-,20+,21-,22+,24+,25-,26+,27-,28-,29+,30-/m0/s1. The molecule has 44 heavy (non-hydrogen) atoms. The number of carbonyl (C=O) groups excluding carboxylic acids is 1. The summed E-state index contributed by atoms with van der Waals surface area (Å²) in [5.41, 5.74) is 0.0994. The van der Waals surface area contributed by atoms with Crippen molar-refractivity contribution >= 4 is 5.97 Å². The van der Waals surface area contributed by atoms with Crippen LogP contribution in [0.3, 0.4) is 0 Å². The summed E-state index contributed by atoms with van der Waals surface area (Å²) < 4.78 is 17.3. The molecule has 0 bridgehead atoms. The third kappa shape index (κ3) is 5.05. The summed E-state index contributed by atoms with van der Waals surface area (Å²) in [6, 6.07) is 0. The zero-order valence-corrected chi connectivity index (χ0v) is 25.5. The lowest BCUT2D eigenvalue weighted by Gasteiger charge is -2.62. The molecular formula is C30H44N2O12. The zero-order chi connectivity index (χ0) is 31.6. The number of nitrogens with zero attached hydrogens (tertiary/aromatic N) is 2. The first-order valence-corrected chi connectivity index (χ1v) is 16.0. The van der Waals surface area contributed by atoms with E-state index in [2.05, 4.69) is 29.6 Å². The maximum absolute atomic E-state index is 12.5. The van der Waals surface area contributed by atoms with Crippen LogP contribution < -0.4 is 0 Å². The number of esters is 1. The third-order valence-corrected chi connectivity index (χ3v) is 12.6. The van der Waals surface area contributed by atoms with E-state index in [-0.39, 0.29) is 22.7 Å². The van der Waals surface area contributed by atoms with Crippen molar-refractivity contribution in [3.8, 4) is 0 Å². The molecule has 6 aliphatic rings. The van der Waals surface area contributed by atoms with Gasteiger partial charge in [-0.25, -0.2) is 0 Å². The van der Waals surface area contributed by atoms with Crippen molar-refractivity contribution in [1.82, 2.24) is 0 Å². The Morgan fingerprint density at radius 3 is 2.32 bits per heavy atom. The third-order valence-electron chi connectivity index (χ3n) is 12.6. The number of cyclic esters (lactones) is 1. The van der Waals surface area contributed by atoms with E-state index in [9.17, 15) is 35.2 Å². The van der Waals surface area contributed by atoms with Crippen LogP contribution in [0.25, 0.3) is 0 Å². The summed E-state index contributed by atoms with van der Waals surface area (Å²) in [4.78, 5) is 43.0. The fourth-order valence-electron chi connectivity index (χ4n) is 10.3. The molecule has 6 rings (SSSR count). The van der Waals surface area contributed by atoms with Crippen LogP contribution in [0, 0.1) is 54.7 Å². The van der Waals surface area contributed by atoms with Crippen LogP contribution in [-0.2, 0) is 28.7 Å². The van der Waals surface area contributed by atoms with Gasteiger partial charge in [0.15, 0.2) is 18.5 Å². The quantitative estimate of drug-likeness (QED) is 0.182. The molecule has 2 N–H and O–H groups in total. The minimum absolute atomic E-state index is 0.128. The Kier molecular flexibility index (Phi) is 8.11. The summed E-state index contributed by atoms with van der Waals surface area (Å²) in [5, 5.41) is 43.2. The van der Waals surface area contributed by atoms with E-state index in [1.165, 1.54) is 12.5 Å². The summed E-state index contributed by atoms with van der Waals surface area (Å²) in [6.07, 6.45) is 2.34. The molecule has 0 radical (unpaired) electrons. The van der Waals surface area contributed by atoms with Gasteiger partial charge in [0, 0.05) is 6.42 Å². The van der Waals surface area contributed by atoms with Gasteiger partial charge in [-0.3, -0.25) is 4.79 Å². The predicted octanol–water partition coefficient (Wildman–Crippen LogP) is 3.28. The van der Waals surface area contributed by atoms with Crippen LogP contribution in [0.15, 0.2) is 11.6 Å². The monoisotopic (exact) mass is 624 g/mol. The largest absolute Gasteiger partial charge is 0.465 e. The minimum atomic E-state index is -1.73. The van der Waals surface area contributed by atoms with Crippen molar-refractivity contribution in [2.45, 2.75) is 127 Å². The van der Waals surface area contributed by atoms with Crippen molar-refractivity contribution in [3.05, 3.63) is 31.9 Å². The number of fused-ring (bicyclic) bond motifs is 5. The highest BCUT2D eigenvalue weighted by molar-refractivity contribution is 5.70. The second kappa shape index (κ2) is 11.4. The van der Waals surface area contributed by atoms with Gasteiger partial charge in [-0.15, -0.1) is 20.2 Å². The maximum atomic E-state index is 12.5. The Bertz CT molecular complexity index is 1190. The first-order chi connectivity index (χ1) is 20.8. The number of aliphatic hydroxyl groups excluding tert-OH is 1. The first kappa shape index (κ1) is 31.4. The predicted molar refractivity (Wildman–Crippen MR) is 149 cm³/mol. The highest BCUT2D eigenvalue weighted by Crippen LogP contribution is 2.69. The fraction of sp³-hybridized carbons (Fsp3) is 0.900. The molecule has 0 unspecified atom stereocenters. The van der Waals surface area contributed by atoms with E-state index in [0.29, 0.717) is 37.2 Å². The highest BCUT2D eigenvalue weighted by Gasteiger charge is 2.67. The molecular weight excluding hydrogens is 580 g/mol. The van der Waals surface area contributed by atoms with Crippen LogP contribution in [0.5, 0.6) is 0 Å². The van der Waals surface area contributed by atoms with Gasteiger partial charge in [0.05, 0.1) is 24.4 Å². The summed E-state index contributed by atoms with van der Waals surface area (Å²) in [5.74, 6) is 0.942. The van der Waals surface area contributed by atoms with Crippen molar-refractivity contribution in [3.63, 3.8) is 0 Å². The van der Waals surface area contributed by atoms with Crippen molar-refractivity contribution < 1.29 is 49.1 Å². The molecule has 0 aromatic heterocycles. The summed E-state index contributed by atoms with van der Waals surface area (Å²) in [6.45, 7) is 6.46. The molecule has 246 valence electrons. The Morgan fingerprint density at radius 2 is 1.64 bits per heavy atom. The Labute approximate surface area is 255 Å². The van der Waals surface area contributed by atoms with Gasteiger partial charge in [0.1, 0.15) is 6.10 Å². The van der Waals surface area contributed by atoms with E-state index >= 15 is 0 Å². The average molecular weight is 625 g/mol. The molecule has 2 saturated heterocycles. The van der Waals surface area contributed by atoms with E-state index in [1.807, 2.05) is 0 Å². The number of rotatable bonds is 7. The molecule has 0 amide bonds. The van der Waals surface area contributed by atoms with E-state index in [0.717, 1.165) is 51.4 Å². The second-order valence-corrected chi connectivity index (χ2v) is 14.4. The smallest absolute Gasteiger partial charge is 0.305 e. The van der Waals surface area contributed by atoms with Crippen molar-refractivity contribution in [1.29, 1.82) is 0 Å². The zero-order valence-electron chi connectivity index (χ0n) is 25.5. The highest BCUT2D eigenvalue weighted by atomic mass is 17.0. The van der Waals surface area contributed by atoms with Gasteiger partial charge in [-0.2, -0.15) is 0 Å². The van der Waals surface area contributed by atoms with Crippen molar-refractivity contribution in [2.24, 2.45) is 34.5 Å². The Morgan fingerprint density at radius 1 is 0.932 bits per heavy atom. The maximum Gasteiger partial charge on any atom is 0.305 e. The molecule has 5 fully saturated rings. The van der Waals surface area contributed by atoms with Gasteiger partial charge >= 0.3 is 5.97 Å². The lowest BCUT2D eigenvalue weighted by Crippen LogP contribution is -2.62. The van der Waals surface area contributed by atoms with Gasteiger partial charge in [-0.1, -0.05) is 25.5 Å². The SMILES string of the molecule is C[C@@H]1O[C@@H](O[C@@H]2C=C3CC[C@@H]4[C@H](CC[C@]5(C)[C@@H]([C@H]6CCC(=O)OC6)CC[C@]45O)[C@@]3(C)CC2)[C@H](O[N+](=O)[O-])[C@H](O)[C@H]1O[N+](=O)[O-]. The number of hydrogen-bond acceptors (Lipinski definition) is 12. The fourth-order valence-corrected chi connectivity index (χ4v) is 10.3. The molecule has 3 saturated carbocycles. The number of hydrogen-bond donors (Lipinski definition) is 2. The van der Waals surface area contributed by atoms with E-state index in [4.69, 9.17) is 14.2 Å². The van der Waals surface area contributed by atoms with Gasteiger partial charge in [0.2, 0.25) is 0 Å². The number of allylic oxidation sites excluding steroid dienone is 1. The molecule has 14 heteroatoms. The second-order valence-electron chi connectivity index (χ2n) is 14.4. The topological polar surface area (TPSA) is 190 Å². The first-order valence-electron chi connectivity index (χ1n) is 16.0. The Balaban J connectivity index is 1.17. The minimum Gasteiger partial charge on any atom is -0.465 e. The Hall–Kier alpha value is -2.55. The van der Waals surface area contributed by atoms with Crippen LogP contribution in [0.2, 0.25) is 0 Å². The number of aliphatic hydroxyl groups is 2. The summed E-state index contributed by atoms with van der Waals surface area (Å²) in [7, 11) is 0. The molecule has 0 aromatic carbocycles. The molecule has 0 aromatic rings. The number of ether oxygens (including phenoxy) is 3. The molecule has 14 nitrogen and oxygen atoms in total. The number of carbonyl (C=O) groups is 1. The van der Waals surface area contributed by atoms with Crippen LogP contribution in [0.4, 0.5) is 0 Å². The lowest BCUT2D eigenvalue weighted by molar-refractivity contribution is -0.791. The molecule has 2 aliphatic heterocycles. The molecule has 2 heterocycles. The van der Waals surface area contributed by atoms with Gasteiger partial charge in [0.25, 0.3) is 10.2 Å². The van der Waals surface area contributed by atoms with Crippen LogP contribution in [-0.4, -0.2) is 75.4 Å². The summed E-state index contributed by atoms with van der Waals surface area (Å²) >= 11 is 0. The van der Waals surface area contributed by atoms with E-state index < -0.39 is 52.6 Å². The lowest BCUT2D eigenvalue weighted by atomic mass is 9.44. The molecule has 0 spiro atoms. The van der Waals surface area contributed by atoms with Crippen LogP contribution in [0.1, 0.15) is 85.0 Å². The molecule has 13 atom stereocenters. The molecule has 4 aliphatic carbocycles. The van der Waals surface area contributed by atoms with Crippen LogP contribution >= 0.6 is 0 Å².